The second kappa shape index (κ2) is 2.00. The van der Waals surface area contributed by atoms with E-state index in [0.29, 0.717) is 12.3 Å². The van der Waals surface area contributed by atoms with Crippen molar-refractivity contribution in [2.45, 2.75) is 19.3 Å². The van der Waals surface area contributed by atoms with Crippen LogP contribution < -0.4 is 0 Å². The van der Waals surface area contributed by atoms with Crippen molar-refractivity contribution in [2.24, 2.45) is 11.3 Å². The molecule has 2 atom stereocenters. The number of hydrogen-bond donors (Lipinski definition) is 0. The minimum atomic E-state index is -0.392. The van der Waals surface area contributed by atoms with Gasteiger partial charge >= 0.3 is 0 Å². The van der Waals surface area contributed by atoms with Gasteiger partial charge in [-0.3, -0.25) is 9.59 Å². The van der Waals surface area contributed by atoms with Gasteiger partial charge < -0.3 is 0 Å². The lowest BCUT2D eigenvalue weighted by molar-refractivity contribution is -0.125. The first-order valence-corrected chi connectivity index (χ1v) is 4.70. The summed E-state index contributed by atoms with van der Waals surface area (Å²) in [5.74, 6) is 0.613. The molecule has 1 fully saturated rings. The Balaban J connectivity index is 2.18. The van der Waals surface area contributed by atoms with Gasteiger partial charge in [-0.15, -0.1) is 0 Å². The van der Waals surface area contributed by atoms with Crippen molar-refractivity contribution in [1.29, 1.82) is 0 Å². The van der Waals surface area contributed by atoms with E-state index >= 15 is 0 Å². The number of ketones is 2. The Kier molecular flexibility index (Phi) is 1.12. The van der Waals surface area contributed by atoms with E-state index in [2.05, 4.69) is 0 Å². The van der Waals surface area contributed by atoms with Crippen molar-refractivity contribution in [3.63, 3.8) is 0 Å². The molecule has 0 N–H and O–H groups in total. The molecule has 2 nitrogen and oxygen atoms in total. The first kappa shape index (κ1) is 7.25. The summed E-state index contributed by atoms with van der Waals surface area (Å²) in [6.45, 7) is 0. The minimum Gasteiger partial charge on any atom is -0.295 e. The van der Waals surface area contributed by atoms with Crippen LogP contribution in [-0.4, -0.2) is 11.6 Å². The van der Waals surface area contributed by atoms with Crippen LogP contribution in [0.4, 0.5) is 0 Å². The second-order valence-corrected chi connectivity index (χ2v) is 4.15. The van der Waals surface area contributed by atoms with Crippen LogP contribution in [-0.2, 0) is 9.59 Å². The maximum absolute atomic E-state index is 11.7. The van der Waals surface area contributed by atoms with Gasteiger partial charge in [0, 0.05) is 6.42 Å². The molecular weight excluding hydrogens is 164 g/mol. The lowest BCUT2D eigenvalue weighted by atomic mass is 9.76. The van der Waals surface area contributed by atoms with E-state index in [9.17, 15) is 9.59 Å². The average molecular weight is 174 g/mol. The summed E-state index contributed by atoms with van der Waals surface area (Å²) in [6.07, 6.45) is 7.76. The molecule has 1 saturated carbocycles. The van der Waals surface area contributed by atoms with Crippen molar-refractivity contribution in [3.8, 4) is 0 Å². The first-order chi connectivity index (χ1) is 6.23. The molecular formula is C11H10O2. The summed E-state index contributed by atoms with van der Waals surface area (Å²) in [4.78, 5) is 23.0. The van der Waals surface area contributed by atoms with Crippen molar-refractivity contribution in [2.75, 3.05) is 0 Å². The van der Waals surface area contributed by atoms with Crippen molar-refractivity contribution >= 4 is 11.6 Å². The molecule has 3 aliphatic rings. The lowest BCUT2D eigenvalue weighted by Crippen LogP contribution is -2.29. The zero-order chi connectivity index (χ0) is 9.05. The van der Waals surface area contributed by atoms with Crippen LogP contribution in [0.15, 0.2) is 23.8 Å². The Bertz CT molecular complexity index is 376. The largest absolute Gasteiger partial charge is 0.295 e. The molecule has 2 heteroatoms. The summed E-state index contributed by atoms with van der Waals surface area (Å²) < 4.78 is 0. The van der Waals surface area contributed by atoms with Crippen LogP contribution in [0.3, 0.4) is 0 Å². The summed E-state index contributed by atoms with van der Waals surface area (Å²) in [6, 6.07) is 0. The molecule has 13 heavy (non-hydrogen) atoms. The topological polar surface area (TPSA) is 34.1 Å². The molecule has 0 heterocycles. The molecule has 1 spiro atoms. The van der Waals surface area contributed by atoms with E-state index in [1.807, 2.05) is 6.08 Å². The number of allylic oxidation sites excluding steroid dienone is 4. The van der Waals surface area contributed by atoms with Crippen LogP contribution in [0.5, 0.6) is 0 Å². The van der Waals surface area contributed by atoms with Crippen LogP contribution in [0.2, 0.25) is 0 Å². The highest BCUT2D eigenvalue weighted by Crippen LogP contribution is 2.57. The highest BCUT2D eigenvalue weighted by molar-refractivity contribution is 6.09. The smallest absolute Gasteiger partial charge is 0.166 e. The second-order valence-electron chi connectivity index (χ2n) is 4.15. The molecule has 0 aromatic carbocycles. The van der Waals surface area contributed by atoms with Gasteiger partial charge in [0.1, 0.15) is 0 Å². The molecule has 0 aromatic heterocycles. The van der Waals surface area contributed by atoms with Gasteiger partial charge in [-0.05, 0) is 30.9 Å². The predicted molar refractivity (Wildman–Crippen MR) is 47.0 cm³/mol. The monoisotopic (exact) mass is 174 g/mol. The molecule has 0 aromatic rings. The third-order valence-electron chi connectivity index (χ3n) is 3.64. The van der Waals surface area contributed by atoms with Crippen LogP contribution in [0, 0.1) is 11.3 Å². The molecule has 3 aliphatic carbocycles. The van der Waals surface area contributed by atoms with Crippen molar-refractivity contribution < 1.29 is 9.59 Å². The van der Waals surface area contributed by atoms with Crippen LogP contribution in [0.25, 0.3) is 0 Å². The van der Waals surface area contributed by atoms with Gasteiger partial charge in [0.15, 0.2) is 11.6 Å². The first-order valence-electron chi connectivity index (χ1n) is 4.70. The minimum absolute atomic E-state index is 0.136. The predicted octanol–water partition coefficient (Wildman–Crippen LogP) is 1.42. The third-order valence-corrected chi connectivity index (χ3v) is 3.64. The zero-order valence-corrected chi connectivity index (χ0v) is 7.25. The fourth-order valence-corrected chi connectivity index (χ4v) is 3.03. The molecule has 2 unspecified atom stereocenters. The van der Waals surface area contributed by atoms with Crippen molar-refractivity contribution in [3.05, 3.63) is 23.8 Å². The fraction of sp³-hybridized carbons (Fsp3) is 0.455. The lowest BCUT2D eigenvalue weighted by Gasteiger charge is -2.23. The molecule has 3 rings (SSSR count). The molecule has 0 radical (unpaired) electrons. The summed E-state index contributed by atoms with van der Waals surface area (Å²) >= 11 is 0. The summed E-state index contributed by atoms with van der Waals surface area (Å²) in [5, 5.41) is 0. The zero-order valence-electron chi connectivity index (χ0n) is 7.25. The van der Waals surface area contributed by atoms with E-state index in [1.165, 1.54) is 0 Å². The number of rotatable bonds is 0. The highest BCUT2D eigenvalue weighted by atomic mass is 16.1. The molecule has 0 aliphatic heterocycles. The normalized spacial score (nSPS) is 40.9. The van der Waals surface area contributed by atoms with E-state index in [1.54, 1.807) is 12.2 Å². The standard InChI is InChI=1S/C11H10O2/c12-9-5-8-2-1-7-3-4-10(13)11(7,8)6-9/h3-5,7H,1-2,6H2. The van der Waals surface area contributed by atoms with Gasteiger partial charge in [0.2, 0.25) is 0 Å². The van der Waals surface area contributed by atoms with E-state index in [4.69, 9.17) is 0 Å². The van der Waals surface area contributed by atoms with Gasteiger partial charge in [-0.1, -0.05) is 11.6 Å². The Hall–Kier alpha value is -1.18. The van der Waals surface area contributed by atoms with Crippen LogP contribution in [0.1, 0.15) is 19.3 Å². The molecule has 66 valence electrons. The van der Waals surface area contributed by atoms with Gasteiger partial charge in [0.05, 0.1) is 5.41 Å². The SMILES string of the molecule is O=C1C=C2CCC3C=CC(=O)C23C1. The Morgan fingerprint density at radius 1 is 1.38 bits per heavy atom. The maximum Gasteiger partial charge on any atom is 0.166 e. The van der Waals surface area contributed by atoms with Gasteiger partial charge in [-0.25, -0.2) is 0 Å². The van der Waals surface area contributed by atoms with E-state index in [0.717, 1.165) is 18.4 Å². The summed E-state index contributed by atoms with van der Waals surface area (Å²) in [7, 11) is 0. The number of carbonyl (C=O) groups excluding carboxylic acids is 2. The number of hydrogen-bond acceptors (Lipinski definition) is 2. The van der Waals surface area contributed by atoms with E-state index in [-0.39, 0.29) is 11.6 Å². The van der Waals surface area contributed by atoms with Gasteiger partial charge in [-0.2, -0.15) is 0 Å². The maximum atomic E-state index is 11.7. The Labute approximate surface area is 76.3 Å². The highest BCUT2D eigenvalue weighted by Gasteiger charge is 2.56. The van der Waals surface area contributed by atoms with E-state index < -0.39 is 5.41 Å². The molecule has 0 saturated heterocycles. The quantitative estimate of drug-likeness (QED) is 0.556. The van der Waals surface area contributed by atoms with Gasteiger partial charge in [0.25, 0.3) is 0 Å². The Morgan fingerprint density at radius 3 is 3.08 bits per heavy atom. The summed E-state index contributed by atoms with van der Waals surface area (Å²) in [5.41, 5.74) is 0.703. The number of carbonyl (C=O) groups is 2. The Morgan fingerprint density at radius 2 is 2.23 bits per heavy atom. The molecule has 0 bridgehead atoms. The fourth-order valence-electron chi connectivity index (χ4n) is 3.03. The van der Waals surface area contributed by atoms with Crippen LogP contribution >= 0.6 is 0 Å². The molecule has 0 amide bonds. The van der Waals surface area contributed by atoms with Crippen molar-refractivity contribution in [1.82, 2.24) is 0 Å². The third kappa shape index (κ3) is 0.656. The average Bonchev–Trinajstić information content (AvgIpc) is 2.63.